The van der Waals surface area contributed by atoms with Gasteiger partial charge >= 0.3 is 12.2 Å². The molecule has 3 rings (SSSR count). The highest BCUT2D eigenvalue weighted by atomic mass is 19.4. The van der Waals surface area contributed by atoms with Crippen LogP contribution in [0.3, 0.4) is 0 Å². The summed E-state index contributed by atoms with van der Waals surface area (Å²) in [4.78, 5) is 12.0. The smallest absolute Gasteiger partial charge is 0.334 e. The van der Waals surface area contributed by atoms with E-state index in [0.717, 1.165) is 28.5 Å². The summed E-state index contributed by atoms with van der Waals surface area (Å²) in [6.45, 7) is 0.147. The molecule has 0 fully saturated rings. The van der Waals surface area contributed by atoms with Crippen molar-refractivity contribution in [3.05, 3.63) is 77.6 Å². The Hall–Kier alpha value is -3.09. The average Bonchev–Trinajstić information content (AvgIpc) is 2.60. The summed E-state index contributed by atoms with van der Waals surface area (Å²) < 4.78 is 52.1. The zero-order chi connectivity index (χ0) is 18.7. The Morgan fingerprint density at radius 1 is 0.923 bits per heavy atom. The van der Waals surface area contributed by atoms with E-state index in [1.807, 2.05) is 42.5 Å². The third-order valence-electron chi connectivity index (χ3n) is 3.87. The van der Waals surface area contributed by atoms with Crippen molar-refractivity contribution in [1.29, 1.82) is 0 Å². The van der Waals surface area contributed by atoms with E-state index in [1.165, 1.54) is 0 Å². The van der Waals surface area contributed by atoms with Gasteiger partial charge in [0, 0.05) is 6.54 Å². The van der Waals surface area contributed by atoms with Crippen LogP contribution in [0.2, 0.25) is 0 Å². The van der Waals surface area contributed by atoms with E-state index in [9.17, 15) is 22.4 Å². The number of hydrogen-bond donors (Lipinski definition) is 2. The van der Waals surface area contributed by atoms with Gasteiger partial charge in [-0.25, -0.2) is 9.18 Å². The zero-order valence-electron chi connectivity index (χ0n) is 13.4. The molecule has 7 heteroatoms. The normalized spacial score (nSPS) is 11.4. The Bertz CT molecular complexity index is 948. The molecule has 0 spiro atoms. The van der Waals surface area contributed by atoms with Crippen LogP contribution in [0.15, 0.2) is 60.7 Å². The molecule has 0 aromatic heterocycles. The molecule has 134 valence electrons. The van der Waals surface area contributed by atoms with Gasteiger partial charge in [0.25, 0.3) is 0 Å². The van der Waals surface area contributed by atoms with Gasteiger partial charge in [-0.1, -0.05) is 48.5 Å². The molecule has 2 amide bonds. The number of anilines is 1. The Labute approximate surface area is 146 Å². The fourth-order valence-corrected chi connectivity index (χ4v) is 2.64. The van der Waals surface area contributed by atoms with E-state index in [4.69, 9.17) is 0 Å². The highest BCUT2D eigenvalue weighted by molar-refractivity contribution is 5.90. The average molecular weight is 362 g/mol. The molecule has 0 bridgehead atoms. The summed E-state index contributed by atoms with van der Waals surface area (Å²) in [5.74, 6) is -1.51. The molecule has 0 aliphatic carbocycles. The maximum absolute atomic E-state index is 13.9. The van der Waals surface area contributed by atoms with Crippen LogP contribution in [0.4, 0.5) is 28.0 Å². The van der Waals surface area contributed by atoms with Crippen LogP contribution in [0, 0.1) is 5.82 Å². The molecule has 0 aliphatic rings. The van der Waals surface area contributed by atoms with Crippen molar-refractivity contribution in [2.24, 2.45) is 0 Å². The van der Waals surface area contributed by atoms with E-state index in [1.54, 1.807) is 0 Å². The first-order valence-corrected chi connectivity index (χ1v) is 7.73. The first-order valence-electron chi connectivity index (χ1n) is 7.73. The van der Waals surface area contributed by atoms with Gasteiger partial charge in [-0.05, 0) is 28.5 Å². The third kappa shape index (κ3) is 3.77. The van der Waals surface area contributed by atoms with Gasteiger partial charge in [-0.2, -0.15) is 13.2 Å². The largest absolute Gasteiger partial charge is 0.419 e. The molecule has 2 N–H and O–H groups in total. The molecule has 26 heavy (non-hydrogen) atoms. The minimum Gasteiger partial charge on any atom is -0.334 e. The predicted molar refractivity (Wildman–Crippen MR) is 91.2 cm³/mol. The van der Waals surface area contributed by atoms with Crippen LogP contribution < -0.4 is 10.6 Å². The number of fused-ring (bicyclic) bond motifs is 1. The Balaban J connectivity index is 1.72. The second kappa shape index (κ2) is 7.03. The molecule has 3 aromatic carbocycles. The molecular weight excluding hydrogens is 348 g/mol. The SMILES string of the molecule is O=C(NCc1cccc2ccccc12)Nc1cccc(C(F)(F)F)c1F. The highest BCUT2D eigenvalue weighted by Crippen LogP contribution is 2.33. The molecule has 0 aliphatic heterocycles. The van der Waals surface area contributed by atoms with Crippen LogP contribution in [0.1, 0.15) is 11.1 Å². The highest BCUT2D eigenvalue weighted by Gasteiger charge is 2.35. The molecule has 3 nitrogen and oxygen atoms in total. The summed E-state index contributed by atoms with van der Waals surface area (Å²) in [6.07, 6.45) is -4.83. The van der Waals surface area contributed by atoms with Gasteiger partial charge in [0.2, 0.25) is 0 Å². The minimum atomic E-state index is -4.83. The maximum atomic E-state index is 13.9. The molecule has 0 atom stereocenters. The van der Waals surface area contributed by atoms with E-state index >= 15 is 0 Å². The maximum Gasteiger partial charge on any atom is 0.419 e. The lowest BCUT2D eigenvalue weighted by Gasteiger charge is -2.13. The van der Waals surface area contributed by atoms with Gasteiger partial charge < -0.3 is 10.6 Å². The monoisotopic (exact) mass is 362 g/mol. The van der Waals surface area contributed by atoms with E-state index in [2.05, 4.69) is 10.6 Å². The number of rotatable bonds is 3. The van der Waals surface area contributed by atoms with Crippen molar-refractivity contribution < 1.29 is 22.4 Å². The van der Waals surface area contributed by atoms with Gasteiger partial charge in [-0.15, -0.1) is 0 Å². The lowest BCUT2D eigenvalue weighted by Crippen LogP contribution is -2.29. The summed E-state index contributed by atoms with van der Waals surface area (Å²) in [5, 5.41) is 6.58. The topological polar surface area (TPSA) is 41.1 Å². The van der Waals surface area contributed by atoms with Crippen molar-refractivity contribution in [1.82, 2.24) is 5.32 Å². The first kappa shape index (κ1) is 17.7. The summed E-state index contributed by atoms with van der Waals surface area (Å²) in [6, 6.07) is 15.1. The number of hydrogen-bond acceptors (Lipinski definition) is 1. The number of alkyl halides is 3. The molecule has 0 unspecified atom stereocenters. The fourth-order valence-electron chi connectivity index (χ4n) is 2.64. The van der Waals surface area contributed by atoms with Gasteiger partial charge in [0.05, 0.1) is 11.3 Å². The van der Waals surface area contributed by atoms with Crippen LogP contribution in [0.25, 0.3) is 10.8 Å². The second-order valence-corrected chi connectivity index (χ2v) is 5.61. The summed E-state index contributed by atoms with van der Waals surface area (Å²) >= 11 is 0. The van der Waals surface area contributed by atoms with Crippen molar-refractivity contribution in [2.75, 3.05) is 5.32 Å². The van der Waals surface area contributed by atoms with Crippen molar-refractivity contribution in [2.45, 2.75) is 12.7 Å². The zero-order valence-corrected chi connectivity index (χ0v) is 13.4. The summed E-state index contributed by atoms with van der Waals surface area (Å²) in [7, 11) is 0. The number of carbonyl (C=O) groups is 1. The van der Waals surface area contributed by atoms with Gasteiger partial charge in [-0.3, -0.25) is 0 Å². The first-order chi connectivity index (χ1) is 12.4. The number of benzene rings is 3. The van der Waals surface area contributed by atoms with Crippen molar-refractivity contribution >= 4 is 22.5 Å². The van der Waals surface area contributed by atoms with Crippen LogP contribution >= 0.6 is 0 Å². The number of nitrogens with one attached hydrogen (secondary N) is 2. The molecule has 0 radical (unpaired) electrons. The lowest BCUT2D eigenvalue weighted by molar-refractivity contribution is -0.139. The molecular formula is C19H14F4N2O. The quantitative estimate of drug-likeness (QED) is 0.609. The second-order valence-electron chi connectivity index (χ2n) is 5.61. The Kier molecular flexibility index (Phi) is 4.79. The predicted octanol–water partition coefficient (Wildman–Crippen LogP) is 5.32. The third-order valence-corrected chi connectivity index (χ3v) is 3.87. The van der Waals surface area contributed by atoms with E-state index < -0.39 is 29.3 Å². The Morgan fingerprint density at radius 3 is 2.38 bits per heavy atom. The summed E-state index contributed by atoms with van der Waals surface area (Å²) in [5.41, 5.74) is -1.12. The van der Waals surface area contributed by atoms with E-state index in [0.29, 0.717) is 6.07 Å². The fraction of sp³-hybridized carbons (Fsp3) is 0.105. The number of halogens is 4. The minimum absolute atomic E-state index is 0.147. The standard InChI is InChI=1S/C19H14F4N2O/c20-17-15(19(21,22)23)9-4-10-16(17)25-18(26)24-11-13-7-3-6-12-5-1-2-8-14(12)13/h1-10H,11H2,(H2,24,25,26). The number of amides is 2. The number of carbonyl (C=O) groups excluding carboxylic acids is 1. The van der Waals surface area contributed by atoms with E-state index in [-0.39, 0.29) is 6.54 Å². The van der Waals surface area contributed by atoms with Crippen LogP contribution in [0.5, 0.6) is 0 Å². The van der Waals surface area contributed by atoms with Gasteiger partial charge in [0.1, 0.15) is 0 Å². The molecule has 0 heterocycles. The molecule has 3 aromatic rings. The van der Waals surface area contributed by atoms with Crippen LogP contribution in [-0.2, 0) is 12.7 Å². The Morgan fingerprint density at radius 2 is 1.62 bits per heavy atom. The van der Waals surface area contributed by atoms with Crippen molar-refractivity contribution in [3.63, 3.8) is 0 Å². The number of urea groups is 1. The molecule has 0 saturated heterocycles. The lowest BCUT2D eigenvalue weighted by atomic mass is 10.0. The van der Waals surface area contributed by atoms with Gasteiger partial charge in [0.15, 0.2) is 5.82 Å². The molecule has 0 saturated carbocycles. The van der Waals surface area contributed by atoms with Crippen molar-refractivity contribution in [3.8, 4) is 0 Å². The van der Waals surface area contributed by atoms with Crippen LogP contribution in [-0.4, -0.2) is 6.03 Å².